The summed E-state index contributed by atoms with van der Waals surface area (Å²) in [5.41, 5.74) is 2.62. The minimum atomic E-state index is 0.380. The average molecular weight is 380 g/mol. The van der Waals surface area contributed by atoms with E-state index in [1.54, 1.807) is 11.3 Å². The molecule has 0 fully saturated rings. The Morgan fingerprint density at radius 2 is 2.32 bits per heavy atom. The summed E-state index contributed by atoms with van der Waals surface area (Å²) in [5, 5.41) is 11.7. The highest BCUT2D eigenvalue weighted by Crippen LogP contribution is 2.22. The van der Waals surface area contributed by atoms with Gasteiger partial charge in [-0.1, -0.05) is 11.6 Å². The van der Waals surface area contributed by atoms with Crippen LogP contribution in [-0.2, 0) is 19.3 Å². The molecule has 0 spiro atoms. The van der Waals surface area contributed by atoms with Crippen molar-refractivity contribution in [3.8, 4) is 0 Å². The van der Waals surface area contributed by atoms with Gasteiger partial charge in [0.2, 0.25) is 0 Å². The van der Waals surface area contributed by atoms with Gasteiger partial charge in [0.05, 0.1) is 10.0 Å². The second-order valence-electron chi connectivity index (χ2n) is 6.71. The van der Waals surface area contributed by atoms with Gasteiger partial charge in [-0.05, 0) is 50.8 Å². The summed E-state index contributed by atoms with van der Waals surface area (Å²) in [6.45, 7) is 5.18. The van der Waals surface area contributed by atoms with E-state index in [9.17, 15) is 0 Å². The molecule has 0 aromatic carbocycles. The van der Waals surface area contributed by atoms with Crippen LogP contribution in [0.2, 0.25) is 4.34 Å². The summed E-state index contributed by atoms with van der Waals surface area (Å²) in [6, 6.07) is 4.82. The summed E-state index contributed by atoms with van der Waals surface area (Å²) < 4.78 is 2.92. The molecule has 2 aromatic rings. The number of aryl methyl sites for hydroxylation is 1. The molecule has 7 heteroatoms. The molecule has 3 rings (SSSR count). The molecular weight excluding hydrogens is 354 g/mol. The van der Waals surface area contributed by atoms with Crippen molar-refractivity contribution in [1.82, 2.24) is 20.4 Å². The maximum atomic E-state index is 5.97. The molecule has 0 amide bonds. The lowest BCUT2D eigenvalue weighted by Gasteiger charge is -2.24. The first-order valence-electron chi connectivity index (χ1n) is 8.83. The van der Waals surface area contributed by atoms with Crippen LogP contribution in [0.25, 0.3) is 0 Å². The molecule has 2 N–H and O–H groups in total. The van der Waals surface area contributed by atoms with Crippen molar-refractivity contribution >= 4 is 28.9 Å². The molecule has 0 bridgehead atoms. The van der Waals surface area contributed by atoms with E-state index in [2.05, 4.69) is 46.4 Å². The van der Waals surface area contributed by atoms with Crippen molar-refractivity contribution in [1.29, 1.82) is 0 Å². The zero-order valence-electron chi connectivity index (χ0n) is 15.1. The van der Waals surface area contributed by atoms with Crippen LogP contribution in [0.1, 0.15) is 42.4 Å². The lowest BCUT2D eigenvalue weighted by atomic mass is 9.94. The van der Waals surface area contributed by atoms with Crippen LogP contribution in [0, 0.1) is 0 Å². The molecule has 0 saturated heterocycles. The highest BCUT2D eigenvalue weighted by atomic mass is 35.5. The molecule has 0 aliphatic heterocycles. The molecular formula is C18H26ClN5S. The fourth-order valence-electron chi connectivity index (χ4n) is 3.08. The smallest absolute Gasteiger partial charge is 0.191 e. The molecule has 136 valence electrons. The summed E-state index contributed by atoms with van der Waals surface area (Å²) in [6.07, 6.45) is 6.29. The van der Waals surface area contributed by atoms with Gasteiger partial charge in [-0.2, -0.15) is 5.10 Å². The van der Waals surface area contributed by atoms with Crippen LogP contribution in [0.4, 0.5) is 0 Å². The maximum Gasteiger partial charge on any atom is 0.191 e. The third-order valence-electron chi connectivity index (χ3n) is 4.48. The Morgan fingerprint density at radius 1 is 1.48 bits per heavy atom. The van der Waals surface area contributed by atoms with Crippen LogP contribution in [0.15, 0.2) is 23.3 Å². The number of halogens is 1. The van der Waals surface area contributed by atoms with Gasteiger partial charge in [-0.3, -0.25) is 9.67 Å². The Kier molecular flexibility index (Phi) is 6.02. The standard InChI is InChI=1S/C18H26ClN5S/c1-12(2)24-11-13-4-5-14(10-16(13)23-24)22-18(20-3)21-9-8-15-6-7-17(19)25-15/h6-7,11-12,14H,4-5,8-10H2,1-3H3,(H2,20,21,22). The van der Waals surface area contributed by atoms with Crippen LogP contribution in [0.5, 0.6) is 0 Å². The van der Waals surface area contributed by atoms with E-state index in [4.69, 9.17) is 16.7 Å². The molecule has 1 atom stereocenters. The summed E-state index contributed by atoms with van der Waals surface area (Å²) in [4.78, 5) is 5.64. The van der Waals surface area contributed by atoms with Gasteiger partial charge in [-0.25, -0.2) is 0 Å². The highest BCUT2D eigenvalue weighted by molar-refractivity contribution is 7.16. The maximum absolute atomic E-state index is 5.97. The van der Waals surface area contributed by atoms with Crippen molar-refractivity contribution in [3.63, 3.8) is 0 Å². The molecule has 0 radical (unpaired) electrons. The van der Waals surface area contributed by atoms with Gasteiger partial charge in [0.25, 0.3) is 0 Å². The Labute approximate surface area is 158 Å². The van der Waals surface area contributed by atoms with Crippen molar-refractivity contribution in [3.05, 3.63) is 38.8 Å². The first-order chi connectivity index (χ1) is 12.0. The normalized spacial score (nSPS) is 17.6. The molecule has 1 aliphatic carbocycles. The Morgan fingerprint density at radius 3 is 3.00 bits per heavy atom. The van der Waals surface area contributed by atoms with Crippen LogP contribution >= 0.6 is 22.9 Å². The number of rotatable bonds is 5. The Balaban J connectivity index is 1.50. The number of aliphatic imine (C=N–C) groups is 1. The van der Waals surface area contributed by atoms with E-state index in [1.807, 2.05) is 13.1 Å². The first-order valence-corrected chi connectivity index (χ1v) is 10.0. The second-order valence-corrected chi connectivity index (χ2v) is 8.51. The monoisotopic (exact) mass is 379 g/mol. The number of hydrogen-bond acceptors (Lipinski definition) is 3. The minimum absolute atomic E-state index is 0.380. The van der Waals surface area contributed by atoms with E-state index < -0.39 is 0 Å². The van der Waals surface area contributed by atoms with Gasteiger partial charge >= 0.3 is 0 Å². The Hall–Kier alpha value is -1.53. The predicted octanol–water partition coefficient (Wildman–Crippen LogP) is 3.44. The van der Waals surface area contributed by atoms with E-state index in [0.29, 0.717) is 12.1 Å². The van der Waals surface area contributed by atoms with Gasteiger partial charge in [-0.15, -0.1) is 11.3 Å². The molecule has 2 heterocycles. The number of guanidine groups is 1. The molecule has 1 unspecified atom stereocenters. The molecule has 1 aliphatic rings. The minimum Gasteiger partial charge on any atom is -0.356 e. The average Bonchev–Trinajstić information content (AvgIpc) is 3.19. The summed E-state index contributed by atoms with van der Waals surface area (Å²) in [7, 11) is 1.82. The number of nitrogens with one attached hydrogen (secondary N) is 2. The van der Waals surface area contributed by atoms with Crippen LogP contribution in [0.3, 0.4) is 0 Å². The quantitative estimate of drug-likeness (QED) is 0.618. The topological polar surface area (TPSA) is 54.2 Å². The fourth-order valence-corrected chi connectivity index (χ4v) is 4.17. The largest absolute Gasteiger partial charge is 0.356 e. The van der Waals surface area contributed by atoms with Crippen LogP contribution in [-0.4, -0.2) is 35.4 Å². The number of thiophene rings is 1. The predicted molar refractivity (Wildman–Crippen MR) is 106 cm³/mol. The van der Waals surface area contributed by atoms with Crippen molar-refractivity contribution in [2.24, 2.45) is 4.99 Å². The van der Waals surface area contributed by atoms with E-state index in [1.165, 1.54) is 16.1 Å². The third kappa shape index (κ3) is 4.76. The first kappa shape index (κ1) is 18.3. The van der Waals surface area contributed by atoms with Gasteiger partial charge in [0, 0.05) is 43.2 Å². The summed E-state index contributed by atoms with van der Waals surface area (Å²) in [5.74, 6) is 0.861. The van der Waals surface area contributed by atoms with E-state index in [0.717, 1.165) is 42.5 Å². The molecule has 0 saturated carbocycles. The third-order valence-corrected chi connectivity index (χ3v) is 5.77. The summed E-state index contributed by atoms with van der Waals surface area (Å²) >= 11 is 7.61. The van der Waals surface area contributed by atoms with Gasteiger partial charge in [0.15, 0.2) is 5.96 Å². The van der Waals surface area contributed by atoms with Crippen molar-refractivity contribution < 1.29 is 0 Å². The van der Waals surface area contributed by atoms with Crippen molar-refractivity contribution in [2.45, 2.75) is 51.6 Å². The zero-order chi connectivity index (χ0) is 17.8. The number of nitrogens with zero attached hydrogens (tertiary/aromatic N) is 3. The zero-order valence-corrected chi connectivity index (χ0v) is 16.6. The Bertz CT molecular complexity index is 734. The van der Waals surface area contributed by atoms with Gasteiger partial charge < -0.3 is 10.6 Å². The molecule has 2 aromatic heterocycles. The lowest BCUT2D eigenvalue weighted by Crippen LogP contribution is -2.46. The number of fused-ring (bicyclic) bond motifs is 1. The van der Waals surface area contributed by atoms with E-state index in [-0.39, 0.29) is 0 Å². The van der Waals surface area contributed by atoms with Crippen molar-refractivity contribution in [2.75, 3.05) is 13.6 Å². The number of aromatic nitrogens is 2. The second kappa shape index (κ2) is 8.23. The lowest BCUT2D eigenvalue weighted by molar-refractivity contribution is 0.499. The van der Waals surface area contributed by atoms with Crippen LogP contribution < -0.4 is 10.6 Å². The van der Waals surface area contributed by atoms with Gasteiger partial charge in [0.1, 0.15) is 0 Å². The number of hydrogen-bond donors (Lipinski definition) is 2. The molecule has 5 nitrogen and oxygen atoms in total. The molecule has 25 heavy (non-hydrogen) atoms. The fraction of sp³-hybridized carbons (Fsp3) is 0.556. The van der Waals surface area contributed by atoms with E-state index >= 15 is 0 Å². The highest BCUT2D eigenvalue weighted by Gasteiger charge is 2.22. The SMILES string of the molecule is CN=C(NCCc1ccc(Cl)s1)NC1CCc2cn(C(C)C)nc2C1.